The summed E-state index contributed by atoms with van der Waals surface area (Å²) in [5.74, 6) is -11.6. The van der Waals surface area contributed by atoms with Gasteiger partial charge in [0.25, 0.3) is 0 Å². The van der Waals surface area contributed by atoms with Gasteiger partial charge in [-0.05, 0) is 116 Å². The van der Waals surface area contributed by atoms with Crippen LogP contribution < -0.4 is 31.2 Å². The summed E-state index contributed by atoms with van der Waals surface area (Å²) in [7, 11) is 0. The normalized spacial score (nSPS) is 14.8. The molecule has 0 saturated heterocycles. The molecule has 356 valence electrons. The number of Topliss-reactive ketones (excluding diaryl/α,β-unsaturated/α-hetero) is 2. The van der Waals surface area contributed by atoms with Crippen LogP contribution in [0.1, 0.15) is 118 Å². The van der Waals surface area contributed by atoms with Gasteiger partial charge in [0.15, 0.2) is 46.3 Å². The van der Waals surface area contributed by atoms with Gasteiger partial charge in [0.05, 0.1) is 12.1 Å². The summed E-state index contributed by atoms with van der Waals surface area (Å²) < 4.78 is 96.4. The molecule has 19 heteroatoms. The summed E-state index contributed by atoms with van der Waals surface area (Å²) >= 11 is 0. The summed E-state index contributed by atoms with van der Waals surface area (Å²) in [6, 6.07) is 0.916. The van der Waals surface area contributed by atoms with Crippen molar-refractivity contribution in [2.75, 3.05) is 26.3 Å². The molecule has 0 spiro atoms. The second-order valence-electron chi connectivity index (χ2n) is 16.1. The summed E-state index contributed by atoms with van der Waals surface area (Å²) in [5, 5.41) is 8.06. The molecule has 12 nitrogen and oxygen atoms in total. The van der Waals surface area contributed by atoms with Crippen molar-refractivity contribution >= 4 is 41.9 Å². The summed E-state index contributed by atoms with van der Waals surface area (Å²) in [5.41, 5.74) is 4.84. The second kappa shape index (κ2) is 28.3. The number of hydrogen-bond donors (Lipinski definition) is 4. The minimum atomic E-state index is -1.52. The lowest BCUT2D eigenvalue weighted by molar-refractivity contribution is -0.131. The van der Waals surface area contributed by atoms with E-state index < -0.39 is 95.0 Å². The molecule has 3 amide bonds. The van der Waals surface area contributed by atoms with Crippen molar-refractivity contribution in [3.8, 4) is 11.5 Å². The highest BCUT2D eigenvalue weighted by atomic mass is 35.5. The predicted octanol–water partition coefficient (Wildman–Crippen LogP) is 8.34. The molecule has 0 radical (unpaired) electrons. The van der Waals surface area contributed by atoms with Gasteiger partial charge in [-0.15, -0.1) is 12.4 Å². The summed E-state index contributed by atoms with van der Waals surface area (Å²) in [4.78, 5) is 61.8. The molecule has 2 saturated carbocycles. The molecule has 2 aliphatic rings. The van der Waals surface area contributed by atoms with Crippen LogP contribution in [-0.2, 0) is 23.9 Å². The molecule has 63 heavy (non-hydrogen) atoms. The maximum atomic E-state index is 13.8. The van der Waals surface area contributed by atoms with Gasteiger partial charge in [-0.3, -0.25) is 19.2 Å². The van der Waals surface area contributed by atoms with Crippen molar-refractivity contribution in [1.82, 2.24) is 16.0 Å². The van der Waals surface area contributed by atoms with Crippen LogP contribution in [0.5, 0.6) is 11.5 Å². The Balaban J connectivity index is 0.000000625. The van der Waals surface area contributed by atoms with Crippen molar-refractivity contribution in [3.63, 3.8) is 0 Å². The second-order valence-corrected chi connectivity index (χ2v) is 16.1. The lowest BCUT2D eigenvalue weighted by Crippen LogP contribution is -2.45. The third-order valence-corrected chi connectivity index (χ3v) is 10.1. The van der Waals surface area contributed by atoms with E-state index in [1.807, 2.05) is 0 Å². The van der Waals surface area contributed by atoms with E-state index in [-0.39, 0.29) is 49.9 Å². The van der Waals surface area contributed by atoms with Gasteiger partial charge in [-0.1, -0.05) is 33.1 Å². The Morgan fingerprint density at radius 2 is 1.03 bits per heavy atom. The van der Waals surface area contributed by atoms with Crippen LogP contribution in [0.15, 0.2) is 24.3 Å². The Morgan fingerprint density at radius 1 is 0.651 bits per heavy atom. The van der Waals surface area contributed by atoms with E-state index in [0.29, 0.717) is 63.4 Å². The smallest absolute Gasteiger partial charge is 0.407 e. The van der Waals surface area contributed by atoms with Gasteiger partial charge in [0, 0.05) is 18.4 Å². The van der Waals surface area contributed by atoms with Gasteiger partial charge in [0.2, 0.25) is 23.4 Å². The molecule has 0 unspecified atom stereocenters. The molecular weight excluding hydrogens is 862 g/mol. The summed E-state index contributed by atoms with van der Waals surface area (Å²) in [6.45, 7) is 4.60. The first kappa shape index (κ1) is 56.4. The number of alkyl carbamates (subject to hydrolysis) is 1. The number of unbranched alkanes of at least 4 members (excludes halogenated alkanes) is 2. The molecule has 0 aliphatic heterocycles. The van der Waals surface area contributed by atoms with Crippen LogP contribution in [0.25, 0.3) is 0 Å². The fraction of sp³-hybridized carbons (Fsp3) is 0.614. The number of nitrogens with two attached hydrogens (primary N) is 1. The van der Waals surface area contributed by atoms with Gasteiger partial charge in [-0.25, -0.2) is 22.4 Å². The first-order valence-corrected chi connectivity index (χ1v) is 20.8. The molecule has 0 bridgehead atoms. The topological polar surface area (TPSA) is 175 Å². The number of carbonyl (C=O) groups is 5. The van der Waals surface area contributed by atoms with E-state index in [4.69, 9.17) is 19.9 Å². The van der Waals surface area contributed by atoms with Crippen molar-refractivity contribution in [3.05, 3.63) is 59.2 Å². The predicted molar refractivity (Wildman–Crippen MR) is 226 cm³/mol. The van der Waals surface area contributed by atoms with Crippen LogP contribution in [0.3, 0.4) is 0 Å². The zero-order valence-corrected chi connectivity index (χ0v) is 36.2. The SMILES string of the molecule is C.CC(C)(C)OC(=O)NCCCC[C@@H](NC(=O)C1CCCC1)C(=O)COc1c(F)ccc(F)c1F.Cl.NCCCC[C@@H](NC(=O)C1CCCC1)C(=O)COc1c(F)ccc(F)c1F. The van der Waals surface area contributed by atoms with E-state index in [2.05, 4.69) is 16.0 Å². The molecule has 2 atom stereocenters. The van der Waals surface area contributed by atoms with Crippen LogP contribution >= 0.6 is 12.4 Å². The molecule has 2 fully saturated rings. The molecule has 0 aromatic heterocycles. The van der Waals surface area contributed by atoms with E-state index in [9.17, 15) is 50.3 Å². The van der Waals surface area contributed by atoms with E-state index in [1.165, 1.54) is 0 Å². The number of nitrogens with one attached hydrogen (secondary N) is 3. The highest BCUT2D eigenvalue weighted by Gasteiger charge is 2.30. The lowest BCUT2D eigenvalue weighted by atomic mass is 10.0. The van der Waals surface area contributed by atoms with Gasteiger partial charge >= 0.3 is 6.09 Å². The number of halogens is 7. The molecule has 5 N–H and O–H groups in total. The number of amides is 3. The number of rotatable bonds is 21. The largest absolute Gasteiger partial charge is 0.480 e. The molecule has 2 aromatic carbocycles. The first-order chi connectivity index (χ1) is 28.9. The van der Waals surface area contributed by atoms with Gasteiger partial charge < -0.3 is 35.9 Å². The maximum absolute atomic E-state index is 13.8. The number of ether oxygens (including phenoxy) is 3. The Bertz CT molecular complexity index is 1790. The Labute approximate surface area is 371 Å². The highest BCUT2D eigenvalue weighted by molar-refractivity contribution is 5.91. The maximum Gasteiger partial charge on any atom is 0.407 e. The van der Waals surface area contributed by atoms with Crippen LogP contribution in [-0.4, -0.2) is 73.5 Å². The quantitative estimate of drug-likeness (QED) is 0.0545. The lowest BCUT2D eigenvalue weighted by Gasteiger charge is -2.21. The van der Waals surface area contributed by atoms with Crippen molar-refractivity contribution in [2.24, 2.45) is 17.6 Å². The minimum absolute atomic E-state index is 0. The average molecular weight is 925 g/mol. The fourth-order valence-electron chi connectivity index (χ4n) is 6.82. The average Bonchev–Trinajstić information content (AvgIpc) is 3.96. The van der Waals surface area contributed by atoms with E-state index in [1.54, 1.807) is 20.8 Å². The molecule has 2 aliphatic carbocycles. The van der Waals surface area contributed by atoms with Crippen LogP contribution in [0.4, 0.5) is 31.1 Å². The van der Waals surface area contributed by atoms with E-state index >= 15 is 0 Å². The molecule has 4 rings (SSSR count). The molecule has 2 aromatic rings. The molecular formula is C44H63ClF6N4O8. The Kier molecular flexibility index (Phi) is 25.3. The first-order valence-electron chi connectivity index (χ1n) is 20.8. The number of benzene rings is 2. The van der Waals surface area contributed by atoms with Gasteiger partial charge in [-0.2, -0.15) is 8.78 Å². The third kappa shape index (κ3) is 19.4. The monoisotopic (exact) mass is 924 g/mol. The standard InChI is InChI=1S/C24H33F3N2O5.C19H25F3N2O3.CH4.ClH/c1-24(2,3)34-23(32)28-13-7-6-10-18(29-22(31)15-8-4-5-9-15)19(30)14-33-21-17(26)12-11-16(25)20(21)27;20-13-8-9-14(21)18(17(13)22)27-11-16(25)15(7-3-4-10-23)24-19(26)12-5-1-2-6-12;;/h11-12,15,18H,4-10,13-14H2,1-3H3,(H,28,32)(H,29,31);8-9,12,15H,1-7,10-11,23H2,(H,24,26);1H4;1H/t18-;15-;;/m11../s1. The van der Waals surface area contributed by atoms with Crippen molar-refractivity contribution in [1.29, 1.82) is 0 Å². The zero-order valence-electron chi connectivity index (χ0n) is 35.4. The minimum Gasteiger partial charge on any atom is -0.480 e. The highest BCUT2D eigenvalue weighted by Crippen LogP contribution is 2.28. The molecule has 0 heterocycles. The van der Waals surface area contributed by atoms with Crippen molar-refractivity contribution < 1.29 is 64.5 Å². The van der Waals surface area contributed by atoms with Crippen LogP contribution in [0.2, 0.25) is 0 Å². The van der Waals surface area contributed by atoms with Crippen molar-refractivity contribution in [2.45, 2.75) is 136 Å². The van der Waals surface area contributed by atoms with E-state index in [0.717, 1.165) is 57.4 Å². The number of ketones is 2. The summed E-state index contributed by atoms with van der Waals surface area (Å²) in [6.07, 6.45) is 9.19. The fourth-order valence-corrected chi connectivity index (χ4v) is 6.82. The number of hydrogen-bond acceptors (Lipinski definition) is 9. The van der Waals surface area contributed by atoms with Gasteiger partial charge in [0.1, 0.15) is 18.8 Å². The Hall–Kier alpha value is -4.58. The third-order valence-electron chi connectivity index (χ3n) is 10.1. The Morgan fingerprint density at radius 3 is 1.41 bits per heavy atom. The zero-order chi connectivity index (χ0) is 45.1. The van der Waals surface area contributed by atoms with Crippen LogP contribution in [0, 0.1) is 46.7 Å². The number of carbonyl (C=O) groups excluding carboxylic acids is 5.